The van der Waals surface area contributed by atoms with Crippen molar-refractivity contribution in [2.45, 2.75) is 0 Å². The van der Waals surface area contributed by atoms with Gasteiger partial charge in [0.15, 0.2) is 0 Å². The van der Waals surface area contributed by atoms with Gasteiger partial charge in [0.1, 0.15) is 10.1 Å². The number of imidazole rings is 1. The zero-order valence-electron chi connectivity index (χ0n) is 13.3. The molecule has 1 aliphatic heterocycles. The van der Waals surface area contributed by atoms with Crippen molar-refractivity contribution < 1.29 is 4.79 Å². The first-order valence-corrected chi connectivity index (χ1v) is 8.51. The van der Waals surface area contributed by atoms with E-state index in [0.29, 0.717) is 15.8 Å². The summed E-state index contributed by atoms with van der Waals surface area (Å²) in [6.45, 7) is 1.39. The number of thiocarbonyl (C=S) groups is 1. The van der Waals surface area contributed by atoms with Crippen molar-refractivity contribution in [1.29, 1.82) is 0 Å². The molecule has 0 radical (unpaired) electrons. The number of nitrogens with zero attached hydrogens (tertiary/aromatic N) is 4. The first-order chi connectivity index (χ1) is 11.0. The van der Waals surface area contributed by atoms with E-state index in [-0.39, 0.29) is 5.91 Å². The number of fused-ring (bicyclic) bond motifs is 1. The fraction of sp³-hybridized carbons (Fsp3) is 0.312. The summed E-state index contributed by atoms with van der Waals surface area (Å²) >= 11 is 6.69. The van der Waals surface area contributed by atoms with Crippen molar-refractivity contribution in [3.05, 3.63) is 35.0 Å². The van der Waals surface area contributed by atoms with Crippen molar-refractivity contribution in [2.24, 2.45) is 7.05 Å². The number of carbonyl (C=O) groups is 1. The summed E-state index contributed by atoms with van der Waals surface area (Å²) in [5.74, 6) is 0.730. The SMILES string of the molecule is CN(C)CCN1C(=O)C(=Cc2nc3ccccc3n2C)SC1=S. The summed E-state index contributed by atoms with van der Waals surface area (Å²) in [5, 5.41) is 0. The molecule has 1 aliphatic rings. The third-order valence-corrected chi connectivity index (χ3v) is 5.10. The minimum absolute atomic E-state index is 0.0334. The van der Waals surface area contributed by atoms with E-state index in [1.54, 1.807) is 4.90 Å². The average molecular weight is 346 g/mol. The molecule has 5 nitrogen and oxygen atoms in total. The van der Waals surface area contributed by atoms with Gasteiger partial charge >= 0.3 is 0 Å². The van der Waals surface area contributed by atoms with E-state index in [9.17, 15) is 4.79 Å². The van der Waals surface area contributed by atoms with Crippen molar-refractivity contribution in [1.82, 2.24) is 19.4 Å². The second-order valence-corrected chi connectivity index (χ2v) is 7.33. The number of hydrogen-bond donors (Lipinski definition) is 0. The van der Waals surface area contributed by atoms with Gasteiger partial charge in [-0.3, -0.25) is 9.69 Å². The van der Waals surface area contributed by atoms with Crippen LogP contribution in [0.3, 0.4) is 0 Å². The molecule has 1 fully saturated rings. The predicted octanol–water partition coefficient (Wildman–Crippen LogP) is 2.34. The van der Waals surface area contributed by atoms with Gasteiger partial charge in [-0.15, -0.1) is 0 Å². The molecule has 0 aliphatic carbocycles. The van der Waals surface area contributed by atoms with Crippen molar-refractivity contribution in [2.75, 3.05) is 27.2 Å². The van der Waals surface area contributed by atoms with E-state index in [0.717, 1.165) is 23.4 Å². The number of benzene rings is 1. The number of aryl methyl sites for hydroxylation is 1. The number of thioether (sulfide) groups is 1. The van der Waals surface area contributed by atoms with Crippen LogP contribution < -0.4 is 0 Å². The summed E-state index contributed by atoms with van der Waals surface area (Å²) in [6.07, 6.45) is 1.83. The molecule has 1 amide bonds. The smallest absolute Gasteiger partial charge is 0.266 e. The maximum Gasteiger partial charge on any atom is 0.266 e. The number of hydrogen-bond acceptors (Lipinski definition) is 5. The maximum atomic E-state index is 12.6. The molecular weight excluding hydrogens is 328 g/mol. The number of carbonyl (C=O) groups excluding carboxylic acids is 1. The average Bonchev–Trinajstić information content (AvgIpc) is 2.96. The molecule has 2 aromatic rings. The van der Waals surface area contributed by atoms with Gasteiger partial charge in [0.05, 0.1) is 15.9 Å². The van der Waals surface area contributed by atoms with Crippen LogP contribution in [0.2, 0.25) is 0 Å². The molecule has 1 aromatic carbocycles. The molecule has 3 rings (SSSR count). The van der Waals surface area contributed by atoms with Crippen molar-refractivity contribution in [3.63, 3.8) is 0 Å². The van der Waals surface area contributed by atoms with E-state index >= 15 is 0 Å². The third-order valence-electron chi connectivity index (χ3n) is 3.73. The van der Waals surface area contributed by atoms with E-state index in [1.807, 2.05) is 61.0 Å². The van der Waals surface area contributed by atoms with E-state index < -0.39 is 0 Å². The summed E-state index contributed by atoms with van der Waals surface area (Å²) in [7, 11) is 5.91. The molecule has 0 spiro atoms. The van der Waals surface area contributed by atoms with Gasteiger partial charge in [0.2, 0.25) is 0 Å². The number of amides is 1. The molecule has 0 unspecified atom stereocenters. The minimum atomic E-state index is -0.0334. The first-order valence-electron chi connectivity index (χ1n) is 7.29. The molecule has 7 heteroatoms. The van der Waals surface area contributed by atoms with Crippen molar-refractivity contribution in [3.8, 4) is 0 Å². The van der Waals surface area contributed by atoms with Crippen LogP contribution in [-0.4, -0.2) is 56.8 Å². The fourth-order valence-corrected chi connectivity index (χ4v) is 3.68. The van der Waals surface area contributed by atoms with Crippen LogP contribution in [0, 0.1) is 0 Å². The molecule has 120 valence electrons. The molecule has 1 saturated heterocycles. The largest absolute Gasteiger partial charge is 0.328 e. The number of likely N-dealkylation sites (N-methyl/N-ethyl adjacent to an activating group) is 1. The quantitative estimate of drug-likeness (QED) is 0.628. The minimum Gasteiger partial charge on any atom is -0.328 e. The third kappa shape index (κ3) is 3.17. The Balaban J connectivity index is 1.89. The highest BCUT2D eigenvalue weighted by Crippen LogP contribution is 2.32. The van der Waals surface area contributed by atoms with Crippen LogP contribution in [0.1, 0.15) is 5.82 Å². The van der Waals surface area contributed by atoms with Crippen LogP contribution in [0.15, 0.2) is 29.2 Å². The lowest BCUT2D eigenvalue weighted by molar-refractivity contribution is -0.122. The summed E-state index contributed by atoms with van der Waals surface area (Å²) in [4.78, 5) is 21.5. The second kappa shape index (κ2) is 6.43. The Morgan fingerprint density at radius 1 is 1.35 bits per heavy atom. The van der Waals surface area contributed by atoms with Crippen LogP contribution in [-0.2, 0) is 11.8 Å². The predicted molar refractivity (Wildman–Crippen MR) is 99.1 cm³/mol. The Morgan fingerprint density at radius 3 is 2.78 bits per heavy atom. The fourth-order valence-electron chi connectivity index (χ4n) is 2.40. The lowest BCUT2D eigenvalue weighted by Crippen LogP contribution is -2.34. The maximum absolute atomic E-state index is 12.6. The molecular formula is C16H18N4OS2. The Morgan fingerprint density at radius 2 is 2.09 bits per heavy atom. The molecule has 0 atom stereocenters. The zero-order valence-corrected chi connectivity index (χ0v) is 14.9. The van der Waals surface area contributed by atoms with Crippen LogP contribution in [0.25, 0.3) is 17.1 Å². The Hall–Kier alpha value is -1.70. The Kier molecular flexibility index (Phi) is 4.52. The van der Waals surface area contributed by atoms with Gasteiger partial charge < -0.3 is 9.47 Å². The highest BCUT2D eigenvalue weighted by Gasteiger charge is 2.32. The van der Waals surface area contributed by atoms with Crippen LogP contribution in [0.5, 0.6) is 0 Å². The van der Waals surface area contributed by atoms with E-state index in [4.69, 9.17) is 12.2 Å². The number of para-hydroxylation sites is 2. The normalized spacial score (nSPS) is 17.2. The lowest BCUT2D eigenvalue weighted by Gasteiger charge is -2.17. The van der Waals surface area contributed by atoms with Crippen LogP contribution >= 0.6 is 24.0 Å². The first kappa shape index (κ1) is 16.2. The standard InChI is InChI=1S/C16H18N4OS2/c1-18(2)8-9-20-15(21)13(23-16(20)22)10-14-17-11-6-4-5-7-12(11)19(14)3/h4-7,10H,8-9H2,1-3H3. The van der Waals surface area contributed by atoms with E-state index in [2.05, 4.69) is 4.98 Å². The summed E-state index contributed by atoms with van der Waals surface area (Å²) in [5.41, 5.74) is 1.96. The van der Waals surface area contributed by atoms with Gasteiger partial charge in [0.25, 0.3) is 5.91 Å². The molecule has 0 N–H and O–H groups in total. The molecule has 0 saturated carbocycles. The van der Waals surface area contributed by atoms with Gasteiger partial charge in [0, 0.05) is 26.2 Å². The topological polar surface area (TPSA) is 41.4 Å². The number of rotatable bonds is 4. The molecule has 0 bridgehead atoms. The van der Waals surface area contributed by atoms with Gasteiger partial charge in [-0.2, -0.15) is 0 Å². The van der Waals surface area contributed by atoms with Gasteiger partial charge in [-0.05, 0) is 26.2 Å². The monoisotopic (exact) mass is 346 g/mol. The van der Waals surface area contributed by atoms with Gasteiger partial charge in [-0.1, -0.05) is 36.1 Å². The lowest BCUT2D eigenvalue weighted by atomic mass is 10.3. The Bertz CT molecular complexity index is 810. The molecule has 23 heavy (non-hydrogen) atoms. The highest BCUT2D eigenvalue weighted by molar-refractivity contribution is 8.26. The van der Waals surface area contributed by atoms with Crippen molar-refractivity contribution >= 4 is 51.3 Å². The van der Waals surface area contributed by atoms with Gasteiger partial charge in [-0.25, -0.2) is 4.98 Å². The zero-order chi connectivity index (χ0) is 16.6. The second-order valence-electron chi connectivity index (χ2n) is 5.65. The summed E-state index contributed by atoms with van der Waals surface area (Å²) in [6, 6.07) is 7.92. The van der Waals surface area contributed by atoms with Crippen LogP contribution in [0.4, 0.5) is 0 Å². The Labute approximate surface area is 145 Å². The molecule has 2 heterocycles. The number of aromatic nitrogens is 2. The summed E-state index contributed by atoms with van der Waals surface area (Å²) < 4.78 is 2.60. The highest BCUT2D eigenvalue weighted by atomic mass is 32.2. The van der Waals surface area contributed by atoms with E-state index in [1.165, 1.54) is 11.8 Å². The molecule has 1 aromatic heterocycles.